The molecule has 0 aliphatic carbocycles. The molecule has 2 N–H and O–H groups in total. The van der Waals surface area contributed by atoms with Gasteiger partial charge in [0, 0.05) is 17.5 Å². The van der Waals surface area contributed by atoms with Gasteiger partial charge in [-0.2, -0.15) is 0 Å². The van der Waals surface area contributed by atoms with Crippen molar-refractivity contribution in [1.82, 2.24) is 10.6 Å². The van der Waals surface area contributed by atoms with Crippen LogP contribution >= 0.6 is 0 Å². The molecule has 0 aromatic heterocycles. The van der Waals surface area contributed by atoms with Crippen LogP contribution in [-0.4, -0.2) is 23.9 Å². The molecule has 0 aliphatic rings. The number of nitrogens with one attached hydrogen (secondary N) is 2. The molecule has 0 saturated carbocycles. The van der Waals surface area contributed by atoms with E-state index in [-0.39, 0.29) is 29.3 Å². The summed E-state index contributed by atoms with van der Waals surface area (Å²) in [4.78, 5) is 24.4. The van der Waals surface area contributed by atoms with E-state index in [4.69, 9.17) is 0 Å². The van der Waals surface area contributed by atoms with Crippen LogP contribution in [0, 0.1) is 12.3 Å². The zero-order chi connectivity index (χ0) is 18.3. The van der Waals surface area contributed by atoms with Gasteiger partial charge < -0.3 is 10.6 Å². The smallest absolute Gasteiger partial charge is 0.225 e. The minimum Gasteiger partial charge on any atom is -0.353 e. The van der Waals surface area contributed by atoms with E-state index in [0.29, 0.717) is 12.8 Å². The largest absolute Gasteiger partial charge is 0.353 e. The van der Waals surface area contributed by atoms with Gasteiger partial charge in [0.2, 0.25) is 11.8 Å². The average molecular weight is 332 g/mol. The van der Waals surface area contributed by atoms with Gasteiger partial charge in [-0.3, -0.25) is 9.59 Å². The standard InChI is InChI=1S/C20H32N2O2/c1-7-20(5,6)19(24)22-16(4)12-15(3)21-18(23)13-17-11-9-8-10-14(17)2/h8-11,15-16H,7,12-13H2,1-6H3,(H,21,23)(H,22,24). The van der Waals surface area contributed by atoms with Crippen LogP contribution in [0.1, 0.15) is 58.6 Å². The van der Waals surface area contributed by atoms with Gasteiger partial charge in [-0.1, -0.05) is 45.0 Å². The first-order valence-corrected chi connectivity index (χ1v) is 8.80. The predicted molar refractivity (Wildman–Crippen MR) is 98.8 cm³/mol. The lowest BCUT2D eigenvalue weighted by atomic mass is 9.89. The zero-order valence-electron chi connectivity index (χ0n) is 15.9. The molecular weight excluding hydrogens is 300 g/mol. The highest BCUT2D eigenvalue weighted by molar-refractivity contribution is 5.82. The van der Waals surface area contributed by atoms with E-state index < -0.39 is 0 Å². The Morgan fingerprint density at radius 2 is 1.67 bits per heavy atom. The first kappa shape index (κ1) is 20.2. The Morgan fingerprint density at radius 3 is 2.25 bits per heavy atom. The summed E-state index contributed by atoms with van der Waals surface area (Å²) in [5, 5.41) is 6.07. The fourth-order valence-corrected chi connectivity index (χ4v) is 2.54. The number of benzene rings is 1. The van der Waals surface area contributed by atoms with E-state index in [1.165, 1.54) is 0 Å². The van der Waals surface area contributed by atoms with E-state index in [9.17, 15) is 9.59 Å². The number of hydrogen-bond acceptors (Lipinski definition) is 2. The highest BCUT2D eigenvalue weighted by atomic mass is 16.2. The maximum Gasteiger partial charge on any atom is 0.225 e. The van der Waals surface area contributed by atoms with Gasteiger partial charge in [0.25, 0.3) is 0 Å². The highest BCUT2D eigenvalue weighted by Crippen LogP contribution is 2.20. The summed E-state index contributed by atoms with van der Waals surface area (Å²) in [7, 11) is 0. The summed E-state index contributed by atoms with van der Waals surface area (Å²) in [6.45, 7) is 11.9. The SMILES string of the molecule is CCC(C)(C)C(=O)NC(C)CC(C)NC(=O)Cc1ccccc1C. The van der Waals surface area contributed by atoms with Gasteiger partial charge in [0.05, 0.1) is 6.42 Å². The topological polar surface area (TPSA) is 58.2 Å². The quantitative estimate of drug-likeness (QED) is 0.767. The van der Waals surface area contributed by atoms with Crippen molar-refractivity contribution in [1.29, 1.82) is 0 Å². The van der Waals surface area contributed by atoms with Crippen molar-refractivity contribution in [2.45, 2.75) is 72.9 Å². The number of rotatable bonds is 8. The summed E-state index contributed by atoms with van der Waals surface area (Å²) in [5.74, 6) is 0.0835. The van der Waals surface area contributed by atoms with Crippen LogP contribution in [-0.2, 0) is 16.0 Å². The minimum absolute atomic E-state index is 0.0153. The number of amides is 2. The Hall–Kier alpha value is -1.84. The Bertz CT molecular complexity index is 567. The molecule has 0 saturated heterocycles. The number of aryl methyl sites for hydroxylation is 1. The van der Waals surface area contributed by atoms with Crippen LogP contribution in [0.15, 0.2) is 24.3 Å². The summed E-state index contributed by atoms with van der Waals surface area (Å²) < 4.78 is 0. The van der Waals surface area contributed by atoms with Crippen LogP contribution in [0.3, 0.4) is 0 Å². The van der Waals surface area contributed by atoms with Crippen molar-refractivity contribution in [2.75, 3.05) is 0 Å². The summed E-state index contributed by atoms with van der Waals surface area (Å²) in [5.41, 5.74) is 1.82. The first-order chi connectivity index (χ1) is 11.2. The van der Waals surface area contributed by atoms with Gasteiger partial charge in [-0.05, 0) is 44.7 Å². The van der Waals surface area contributed by atoms with Crippen LogP contribution in [0.2, 0.25) is 0 Å². The maximum absolute atomic E-state index is 12.2. The third-order valence-electron chi connectivity index (χ3n) is 4.60. The molecule has 0 heterocycles. The van der Waals surface area contributed by atoms with Crippen molar-refractivity contribution in [3.05, 3.63) is 35.4 Å². The normalized spacial score (nSPS) is 13.9. The second-order valence-electron chi connectivity index (χ2n) is 7.42. The molecule has 0 aliphatic heterocycles. The van der Waals surface area contributed by atoms with Crippen LogP contribution in [0.4, 0.5) is 0 Å². The van der Waals surface area contributed by atoms with Crippen molar-refractivity contribution < 1.29 is 9.59 Å². The van der Waals surface area contributed by atoms with Crippen molar-refractivity contribution >= 4 is 11.8 Å². The molecule has 2 amide bonds. The molecule has 1 rings (SSSR count). The molecule has 1 aromatic carbocycles. The van der Waals surface area contributed by atoms with Crippen molar-refractivity contribution in [3.63, 3.8) is 0 Å². The average Bonchev–Trinajstić information content (AvgIpc) is 2.48. The zero-order valence-corrected chi connectivity index (χ0v) is 15.9. The van der Waals surface area contributed by atoms with Gasteiger partial charge in [0.1, 0.15) is 0 Å². The molecule has 0 fully saturated rings. The third-order valence-corrected chi connectivity index (χ3v) is 4.60. The number of carbonyl (C=O) groups is 2. The first-order valence-electron chi connectivity index (χ1n) is 8.80. The summed E-state index contributed by atoms with van der Waals surface area (Å²) in [6.07, 6.45) is 1.90. The fraction of sp³-hybridized carbons (Fsp3) is 0.600. The molecule has 4 nitrogen and oxygen atoms in total. The third kappa shape index (κ3) is 6.34. The monoisotopic (exact) mass is 332 g/mol. The van der Waals surface area contributed by atoms with Crippen LogP contribution in [0.25, 0.3) is 0 Å². The second kappa shape index (κ2) is 8.86. The Balaban J connectivity index is 2.45. The van der Waals surface area contributed by atoms with Gasteiger partial charge in [-0.25, -0.2) is 0 Å². The van der Waals surface area contributed by atoms with E-state index >= 15 is 0 Å². The Labute approximate surface area is 146 Å². The molecular formula is C20H32N2O2. The molecule has 134 valence electrons. The molecule has 0 radical (unpaired) electrons. The number of carbonyl (C=O) groups excluding carboxylic acids is 2. The highest BCUT2D eigenvalue weighted by Gasteiger charge is 2.26. The van der Waals surface area contributed by atoms with Crippen LogP contribution in [0.5, 0.6) is 0 Å². The van der Waals surface area contributed by atoms with Crippen molar-refractivity contribution in [3.8, 4) is 0 Å². The number of hydrogen-bond donors (Lipinski definition) is 2. The molecule has 4 heteroatoms. The molecule has 1 aromatic rings. The Kier molecular flexibility index (Phi) is 7.46. The lowest BCUT2D eigenvalue weighted by Crippen LogP contribution is -2.45. The summed E-state index contributed by atoms with van der Waals surface area (Å²) in [6, 6.07) is 7.96. The van der Waals surface area contributed by atoms with E-state index in [1.807, 2.05) is 65.8 Å². The van der Waals surface area contributed by atoms with Gasteiger partial charge >= 0.3 is 0 Å². The van der Waals surface area contributed by atoms with Crippen LogP contribution < -0.4 is 10.6 Å². The molecule has 2 atom stereocenters. The lowest BCUT2D eigenvalue weighted by Gasteiger charge is -2.26. The molecule has 0 bridgehead atoms. The molecule has 2 unspecified atom stereocenters. The summed E-state index contributed by atoms with van der Waals surface area (Å²) >= 11 is 0. The van der Waals surface area contributed by atoms with E-state index in [1.54, 1.807) is 0 Å². The van der Waals surface area contributed by atoms with Gasteiger partial charge in [0.15, 0.2) is 0 Å². The second-order valence-corrected chi connectivity index (χ2v) is 7.42. The lowest BCUT2D eigenvalue weighted by molar-refractivity contribution is -0.130. The van der Waals surface area contributed by atoms with E-state index in [2.05, 4.69) is 10.6 Å². The van der Waals surface area contributed by atoms with E-state index in [0.717, 1.165) is 17.5 Å². The molecule has 24 heavy (non-hydrogen) atoms. The maximum atomic E-state index is 12.2. The fourth-order valence-electron chi connectivity index (χ4n) is 2.54. The van der Waals surface area contributed by atoms with Crippen molar-refractivity contribution in [2.24, 2.45) is 5.41 Å². The molecule has 0 spiro atoms. The minimum atomic E-state index is -0.356. The predicted octanol–water partition coefficient (Wildman–Crippen LogP) is 3.37. The van der Waals surface area contributed by atoms with Gasteiger partial charge in [-0.15, -0.1) is 0 Å². The Morgan fingerprint density at radius 1 is 1.08 bits per heavy atom.